The molecule has 3 unspecified atom stereocenters. The third-order valence-corrected chi connectivity index (χ3v) is 3.83. The number of rotatable bonds is 11. The van der Waals surface area contributed by atoms with Crippen molar-refractivity contribution in [2.75, 3.05) is 53.7 Å². The zero-order valence-electron chi connectivity index (χ0n) is 25.1. The summed E-state index contributed by atoms with van der Waals surface area (Å²) in [7, 11) is 3.16. The van der Waals surface area contributed by atoms with Crippen molar-refractivity contribution in [3.05, 3.63) is 0 Å². The SMILES string of the molecule is CC.CC.CC.CC.CNC(=O)CCOCCOCCO[C@@H]1OC(CO)C(O)[C@@H](O)C1O.CNC(C)=O. The summed E-state index contributed by atoms with van der Waals surface area (Å²) in [5.74, 6) is -0.0890. The minimum Gasteiger partial charge on any atom is -0.394 e. The van der Waals surface area contributed by atoms with Gasteiger partial charge in [-0.15, -0.1) is 0 Å². The van der Waals surface area contributed by atoms with Crippen LogP contribution in [0.1, 0.15) is 68.7 Å². The molecule has 12 heteroatoms. The van der Waals surface area contributed by atoms with Crippen LogP contribution in [-0.2, 0) is 28.5 Å². The Balaban J connectivity index is -0.000000222. The molecule has 0 saturated carbocycles. The molecule has 5 atom stereocenters. The Bertz CT molecular complexity index is 457. The van der Waals surface area contributed by atoms with Crippen LogP contribution >= 0.6 is 0 Å². The van der Waals surface area contributed by atoms with Crippen LogP contribution < -0.4 is 10.6 Å². The summed E-state index contributed by atoms with van der Waals surface area (Å²) in [6, 6.07) is 0. The van der Waals surface area contributed by atoms with Crippen LogP contribution in [0.25, 0.3) is 0 Å². The number of aliphatic hydroxyl groups excluding tert-OH is 4. The molecule has 0 aliphatic carbocycles. The number of carbonyl (C=O) groups excluding carboxylic acids is 2. The molecule has 0 spiro atoms. The second-order valence-corrected chi connectivity index (χ2v) is 6.02. The third-order valence-electron chi connectivity index (χ3n) is 3.83. The van der Waals surface area contributed by atoms with Crippen LogP contribution in [-0.4, -0.2) is 117 Å². The fraction of sp³-hybridized carbons (Fsp3) is 0.920. The number of amides is 2. The maximum absolute atomic E-state index is 10.9. The highest BCUT2D eigenvalue weighted by Gasteiger charge is 2.43. The minimum absolute atomic E-state index is 0.00463. The molecule has 0 aromatic carbocycles. The van der Waals surface area contributed by atoms with Crippen molar-refractivity contribution in [3.8, 4) is 0 Å². The van der Waals surface area contributed by atoms with Gasteiger partial charge in [0.2, 0.25) is 11.8 Å². The highest BCUT2D eigenvalue weighted by atomic mass is 16.7. The van der Waals surface area contributed by atoms with Gasteiger partial charge in [0.15, 0.2) is 6.29 Å². The van der Waals surface area contributed by atoms with Crippen molar-refractivity contribution in [2.45, 2.75) is 99.4 Å². The summed E-state index contributed by atoms with van der Waals surface area (Å²) >= 11 is 0. The summed E-state index contributed by atoms with van der Waals surface area (Å²) < 4.78 is 20.9. The molecular weight excluding hydrogens is 488 g/mol. The van der Waals surface area contributed by atoms with Crippen LogP contribution in [0.2, 0.25) is 0 Å². The largest absolute Gasteiger partial charge is 0.394 e. The first-order chi connectivity index (χ1) is 17.8. The normalized spacial score (nSPS) is 21.2. The van der Waals surface area contributed by atoms with Crippen LogP contribution in [0, 0.1) is 0 Å². The van der Waals surface area contributed by atoms with Crippen LogP contribution in [0.5, 0.6) is 0 Å². The number of nitrogens with one attached hydrogen (secondary N) is 2. The van der Waals surface area contributed by atoms with E-state index >= 15 is 0 Å². The first-order valence-electron chi connectivity index (χ1n) is 13.2. The van der Waals surface area contributed by atoms with E-state index in [1.54, 1.807) is 14.1 Å². The van der Waals surface area contributed by atoms with E-state index in [0.29, 0.717) is 19.8 Å². The van der Waals surface area contributed by atoms with E-state index in [1.165, 1.54) is 6.92 Å². The zero-order valence-corrected chi connectivity index (χ0v) is 25.1. The Morgan fingerprint density at radius 1 is 0.730 bits per heavy atom. The van der Waals surface area contributed by atoms with Crippen molar-refractivity contribution in [1.29, 1.82) is 0 Å². The molecule has 0 aromatic heterocycles. The Morgan fingerprint density at radius 2 is 1.16 bits per heavy atom. The average Bonchev–Trinajstić information content (AvgIpc) is 2.96. The summed E-state index contributed by atoms with van der Waals surface area (Å²) in [5, 5.41) is 42.9. The first kappa shape index (κ1) is 45.5. The Hall–Kier alpha value is -1.38. The molecule has 1 heterocycles. The summed E-state index contributed by atoms with van der Waals surface area (Å²) in [4.78, 5) is 20.6. The Morgan fingerprint density at radius 3 is 1.57 bits per heavy atom. The lowest BCUT2D eigenvalue weighted by Crippen LogP contribution is -2.59. The highest BCUT2D eigenvalue weighted by Crippen LogP contribution is 2.21. The second-order valence-electron chi connectivity index (χ2n) is 6.02. The van der Waals surface area contributed by atoms with Gasteiger partial charge in [-0.2, -0.15) is 0 Å². The standard InChI is InChI=1S/C14H27NO9.C3H7NO.4C2H6/c1-15-10(17)2-3-21-4-5-22-6-7-23-14-13(20)12(19)11(18)9(8-16)24-14;1-3(5)4-2;4*1-2/h9,11-14,16,18-20H,2-8H2,1H3,(H,15,17);1-2H3,(H,4,5);4*1-2H3/t9?,11?,12-,13?,14-;;;;;/m1...../s1. The fourth-order valence-electron chi connectivity index (χ4n) is 2.04. The summed E-state index contributed by atoms with van der Waals surface area (Å²) in [6.07, 6.45) is -6.16. The lowest BCUT2D eigenvalue weighted by atomic mass is 9.99. The molecule has 0 bridgehead atoms. The van der Waals surface area contributed by atoms with Gasteiger partial charge in [0.05, 0.1) is 39.6 Å². The Labute approximate surface area is 225 Å². The van der Waals surface area contributed by atoms with Gasteiger partial charge in [0.25, 0.3) is 0 Å². The minimum atomic E-state index is -1.46. The number of hydrogen-bond donors (Lipinski definition) is 6. The van der Waals surface area contributed by atoms with Gasteiger partial charge in [-0.05, 0) is 0 Å². The molecule has 0 radical (unpaired) electrons. The van der Waals surface area contributed by atoms with E-state index in [-0.39, 0.29) is 31.4 Å². The molecule has 1 fully saturated rings. The van der Waals surface area contributed by atoms with Gasteiger partial charge in [-0.1, -0.05) is 55.4 Å². The molecule has 1 aliphatic rings. The highest BCUT2D eigenvalue weighted by molar-refractivity contribution is 5.75. The molecular formula is C25H58N2O10. The molecule has 1 aliphatic heterocycles. The lowest BCUT2D eigenvalue weighted by molar-refractivity contribution is -0.302. The predicted molar refractivity (Wildman–Crippen MR) is 145 cm³/mol. The first-order valence-corrected chi connectivity index (χ1v) is 13.2. The molecule has 2 amide bonds. The van der Waals surface area contributed by atoms with E-state index < -0.39 is 37.3 Å². The molecule has 228 valence electrons. The average molecular weight is 547 g/mol. The number of ether oxygens (including phenoxy) is 4. The van der Waals surface area contributed by atoms with Crippen LogP contribution in [0.15, 0.2) is 0 Å². The number of aliphatic hydroxyl groups is 4. The van der Waals surface area contributed by atoms with Gasteiger partial charge in [-0.3, -0.25) is 9.59 Å². The van der Waals surface area contributed by atoms with E-state index in [0.717, 1.165) is 0 Å². The van der Waals surface area contributed by atoms with E-state index in [2.05, 4.69) is 10.6 Å². The zero-order chi connectivity index (χ0) is 30.2. The maximum atomic E-state index is 10.9. The van der Waals surface area contributed by atoms with Crippen molar-refractivity contribution >= 4 is 11.8 Å². The molecule has 1 rings (SSSR count). The van der Waals surface area contributed by atoms with E-state index in [9.17, 15) is 24.9 Å². The van der Waals surface area contributed by atoms with Gasteiger partial charge in [0, 0.05) is 27.4 Å². The second kappa shape index (κ2) is 36.8. The van der Waals surface area contributed by atoms with Gasteiger partial charge < -0.3 is 50.0 Å². The van der Waals surface area contributed by atoms with Gasteiger partial charge in [-0.25, -0.2) is 0 Å². The monoisotopic (exact) mass is 546 g/mol. The van der Waals surface area contributed by atoms with Crippen molar-refractivity contribution in [2.24, 2.45) is 0 Å². The molecule has 6 N–H and O–H groups in total. The smallest absolute Gasteiger partial charge is 0.222 e. The lowest BCUT2D eigenvalue weighted by Gasteiger charge is -2.39. The predicted octanol–water partition coefficient (Wildman–Crippen LogP) is 0.829. The molecule has 1 saturated heterocycles. The maximum Gasteiger partial charge on any atom is 0.222 e. The summed E-state index contributed by atoms with van der Waals surface area (Å²) in [5.41, 5.74) is 0. The van der Waals surface area contributed by atoms with Crippen molar-refractivity contribution < 1.29 is 49.0 Å². The third kappa shape index (κ3) is 27.5. The van der Waals surface area contributed by atoms with Crippen LogP contribution in [0.3, 0.4) is 0 Å². The molecule has 37 heavy (non-hydrogen) atoms. The number of hydrogen-bond acceptors (Lipinski definition) is 10. The molecule has 12 nitrogen and oxygen atoms in total. The quantitative estimate of drug-likeness (QED) is 0.204. The van der Waals surface area contributed by atoms with E-state index in [1.807, 2.05) is 55.4 Å². The fourth-order valence-corrected chi connectivity index (χ4v) is 2.04. The van der Waals surface area contributed by atoms with E-state index in [4.69, 9.17) is 24.1 Å². The Kier molecular flexibility index (Phi) is 45.3. The van der Waals surface area contributed by atoms with Crippen molar-refractivity contribution in [1.82, 2.24) is 10.6 Å². The topological polar surface area (TPSA) is 176 Å². The van der Waals surface area contributed by atoms with Gasteiger partial charge >= 0.3 is 0 Å². The van der Waals surface area contributed by atoms with Gasteiger partial charge in [0.1, 0.15) is 24.4 Å². The van der Waals surface area contributed by atoms with Crippen molar-refractivity contribution in [3.63, 3.8) is 0 Å². The van der Waals surface area contributed by atoms with Crippen LogP contribution in [0.4, 0.5) is 0 Å². The number of carbonyl (C=O) groups is 2. The molecule has 0 aromatic rings. The summed E-state index contributed by atoms with van der Waals surface area (Å²) in [6.45, 7) is 18.2.